The summed E-state index contributed by atoms with van der Waals surface area (Å²) >= 11 is 2.90. The summed E-state index contributed by atoms with van der Waals surface area (Å²) in [6.45, 7) is -0.683. The van der Waals surface area contributed by atoms with Crippen LogP contribution < -0.4 is 24.8 Å². The number of thioether (sulfide) groups is 1. The van der Waals surface area contributed by atoms with Crippen LogP contribution in [0.2, 0.25) is 0 Å². The van der Waals surface area contributed by atoms with Crippen molar-refractivity contribution in [1.82, 2.24) is 4.90 Å². The molecular weight excluding hydrogens is 649 g/mol. The van der Waals surface area contributed by atoms with E-state index in [-0.39, 0.29) is 11.5 Å². The highest BCUT2D eigenvalue weighted by Gasteiger charge is 2.36. The van der Waals surface area contributed by atoms with Gasteiger partial charge in [-0.1, -0.05) is 18.2 Å². The van der Waals surface area contributed by atoms with E-state index < -0.39 is 29.5 Å². The molecule has 4 rings (SSSR count). The number of methoxy groups -OCH3 is 2. The van der Waals surface area contributed by atoms with E-state index in [0.29, 0.717) is 34.2 Å². The molecule has 10 nitrogen and oxygen atoms in total. The van der Waals surface area contributed by atoms with E-state index in [9.17, 15) is 19.2 Å². The minimum atomic E-state index is -0.569. The van der Waals surface area contributed by atoms with Gasteiger partial charge in [-0.05, 0) is 94.5 Å². The van der Waals surface area contributed by atoms with Gasteiger partial charge in [0.05, 0.1) is 24.8 Å². The number of amides is 4. The summed E-state index contributed by atoms with van der Waals surface area (Å²) in [6.07, 6.45) is 1.53. The van der Waals surface area contributed by atoms with E-state index in [1.54, 1.807) is 54.6 Å². The molecule has 3 aromatic rings. The van der Waals surface area contributed by atoms with Crippen molar-refractivity contribution in [1.29, 1.82) is 0 Å². The van der Waals surface area contributed by atoms with Crippen molar-refractivity contribution in [2.24, 2.45) is 0 Å². The molecule has 0 aliphatic carbocycles. The first-order chi connectivity index (χ1) is 19.3. The second kappa shape index (κ2) is 13.3. The van der Waals surface area contributed by atoms with Crippen molar-refractivity contribution < 1.29 is 33.4 Å². The normalized spacial score (nSPS) is 13.8. The molecule has 4 amide bonds. The van der Waals surface area contributed by atoms with Crippen LogP contribution >= 0.6 is 34.4 Å². The zero-order valence-electron chi connectivity index (χ0n) is 21.4. The van der Waals surface area contributed by atoms with Gasteiger partial charge in [-0.25, -0.2) is 0 Å². The maximum absolute atomic E-state index is 12.9. The largest absolute Gasteiger partial charge is 0.495 e. The van der Waals surface area contributed by atoms with Crippen LogP contribution in [0.3, 0.4) is 0 Å². The summed E-state index contributed by atoms with van der Waals surface area (Å²) < 4.78 is 17.3. The molecule has 1 aliphatic heterocycles. The lowest BCUT2D eigenvalue weighted by Crippen LogP contribution is -2.36. The second-order valence-corrected chi connectivity index (χ2v) is 10.5. The molecule has 0 atom stereocenters. The summed E-state index contributed by atoms with van der Waals surface area (Å²) in [5.41, 5.74) is 1.65. The van der Waals surface area contributed by atoms with Crippen molar-refractivity contribution >= 4 is 74.8 Å². The quantitative estimate of drug-likeness (QED) is 0.228. The SMILES string of the molecule is COc1ccccc1NC(=O)COc1ccc(/C=C2\SC(=O)N(CC(=O)Nc3ccc(I)cc3)C2=O)cc1OC. The van der Waals surface area contributed by atoms with E-state index in [1.165, 1.54) is 20.3 Å². The van der Waals surface area contributed by atoms with E-state index >= 15 is 0 Å². The van der Waals surface area contributed by atoms with Crippen molar-refractivity contribution in [3.05, 3.63) is 80.8 Å². The molecule has 0 unspecified atom stereocenters. The maximum Gasteiger partial charge on any atom is 0.294 e. The highest BCUT2D eigenvalue weighted by atomic mass is 127. The number of para-hydroxylation sites is 2. The molecular formula is C28H24IN3O7S. The molecule has 3 aromatic carbocycles. The molecule has 1 fully saturated rings. The lowest BCUT2D eigenvalue weighted by molar-refractivity contribution is -0.127. The Hall–Kier alpha value is -4.04. The van der Waals surface area contributed by atoms with Crippen LogP contribution in [0.25, 0.3) is 6.08 Å². The number of nitrogens with zero attached hydrogens (tertiary/aromatic N) is 1. The minimum Gasteiger partial charge on any atom is -0.495 e. The average Bonchev–Trinajstić information content (AvgIpc) is 3.20. The predicted molar refractivity (Wildman–Crippen MR) is 161 cm³/mol. The summed E-state index contributed by atoms with van der Waals surface area (Å²) in [5.74, 6) is -0.280. The van der Waals surface area contributed by atoms with E-state index in [0.717, 1.165) is 20.2 Å². The second-order valence-electron chi connectivity index (χ2n) is 8.27. The molecule has 0 bridgehead atoms. The maximum atomic E-state index is 12.9. The van der Waals surface area contributed by atoms with Crippen molar-refractivity contribution in [2.75, 3.05) is 38.0 Å². The zero-order valence-corrected chi connectivity index (χ0v) is 24.4. The molecule has 1 heterocycles. The molecule has 0 aromatic heterocycles. The van der Waals surface area contributed by atoms with Crippen molar-refractivity contribution in [3.63, 3.8) is 0 Å². The molecule has 12 heteroatoms. The molecule has 206 valence electrons. The van der Waals surface area contributed by atoms with Crippen molar-refractivity contribution in [3.8, 4) is 17.2 Å². The standard InChI is InChI=1S/C28H24IN3O7S/c1-37-21-6-4-3-5-20(21)31-26(34)16-39-22-12-7-17(13-23(22)38-2)14-24-27(35)32(28(36)40-24)15-25(33)30-19-10-8-18(29)9-11-19/h3-14H,15-16H2,1-2H3,(H,30,33)(H,31,34)/b24-14-. The number of ether oxygens (including phenoxy) is 3. The number of rotatable bonds is 10. The van der Waals surface area contributed by atoms with Crippen LogP contribution in [-0.2, 0) is 14.4 Å². The number of anilines is 2. The van der Waals surface area contributed by atoms with Gasteiger partial charge in [-0.2, -0.15) is 0 Å². The Labute approximate surface area is 248 Å². The Bertz CT molecular complexity index is 1480. The van der Waals surface area contributed by atoms with Crippen LogP contribution in [0.15, 0.2) is 71.6 Å². The number of imide groups is 1. The van der Waals surface area contributed by atoms with Crippen LogP contribution in [0.1, 0.15) is 5.56 Å². The Morgan fingerprint density at radius 1 is 0.900 bits per heavy atom. The molecule has 0 radical (unpaired) electrons. The Morgan fingerprint density at radius 3 is 2.35 bits per heavy atom. The molecule has 0 spiro atoms. The van der Waals surface area contributed by atoms with Gasteiger partial charge in [0, 0.05) is 9.26 Å². The van der Waals surface area contributed by atoms with E-state index in [4.69, 9.17) is 14.2 Å². The van der Waals surface area contributed by atoms with Crippen LogP contribution in [0.5, 0.6) is 17.2 Å². The number of carbonyl (C=O) groups excluding carboxylic acids is 4. The van der Waals surface area contributed by atoms with Gasteiger partial charge in [0.1, 0.15) is 12.3 Å². The number of hydrogen-bond donors (Lipinski definition) is 2. The fourth-order valence-corrected chi connectivity index (χ4v) is 4.83. The minimum absolute atomic E-state index is 0.166. The van der Waals surface area contributed by atoms with Gasteiger partial charge < -0.3 is 24.8 Å². The summed E-state index contributed by atoms with van der Waals surface area (Å²) in [4.78, 5) is 51.2. The molecule has 1 aliphatic rings. The first-order valence-corrected chi connectivity index (χ1v) is 13.7. The summed E-state index contributed by atoms with van der Waals surface area (Å²) in [7, 11) is 2.96. The van der Waals surface area contributed by atoms with Gasteiger partial charge >= 0.3 is 0 Å². The van der Waals surface area contributed by atoms with E-state index in [2.05, 4.69) is 33.2 Å². The van der Waals surface area contributed by atoms with Crippen LogP contribution in [-0.4, -0.2) is 55.2 Å². The number of hydrogen-bond acceptors (Lipinski definition) is 8. The lowest BCUT2D eigenvalue weighted by atomic mass is 10.2. The lowest BCUT2D eigenvalue weighted by Gasteiger charge is -2.13. The van der Waals surface area contributed by atoms with Crippen molar-refractivity contribution in [2.45, 2.75) is 0 Å². The smallest absolute Gasteiger partial charge is 0.294 e. The molecule has 0 saturated carbocycles. The van der Waals surface area contributed by atoms with Crippen LogP contribution in [0, 0.1) is 3.57 Å². The van der Waals surface area contributed by atoms with Gasteiger partial charge in [-0.3, -0.25) is 24.1 Å². The first kappa shape index (κ1) is 29.0. The first-order valence-electron chi connectivity index (χ1n) is 11.8. The van der Waals surface area contributed by atoms with E-state index in [1.807, 2.05) is 12.1 Å². The summed E-state index contributed by atoms with van der Waals surface area (Å²) in [6, 6.07) is 19.0. The van der Waals surface area contributed by atoms with Gasteiger partial charge in [0.2, 0.25) is 5.91 Å². The molecule has 2 N–H and O–H groups in total. The van der Waals surface area contributed by atoms with Gasteiger partial charge in [0.15, 0.2) is 18.1 Å². The Balaban J connectivity index is 1.38. The fourth-order valence-electron chi connectivity index (χ4n) is 3.64. The highest BCUT2D eigenvalue weighted by Crippen LogP contribution is 2.34. The number of halogens is 1. The molecule has 1 saturated heterocycles. The number of benzene rings is 3. The molecule has 40 heavy (non-hydrogen) atoms. The third kappa shape index (κ3) is 7.33. The third-order valence-corrected chi connectivity index (χ3v) is 7.16. The van der Waals surface area contributed by atoms with Gasteiger partial charge in [0.25, 0.3) is 17.1 Å². The Morgan fingerprint density at radius 2 is 1.62 bits per heavy atom. The van der Waals surface area contributed by atoms with Gasteiger partial charge in [-0.15, -0.1) is 0 Å². The Kier molecular flexibility index (Phi) is 9.66. The number of carbonyl (C=O) groups is 4. The monoisotopic (exact) mass is 673 g/mol. The fraction of sp³-hybridized carbons (Fsp3) is 0.143. The van der Waals surface area contributed by atoms with Crippen LogP contribution in [0.4, 0.5) is 16.2 Å². The zero-order chi connectivity index (χ0) is 28.6. The topological polar surface area (TPSA) is 123 Å². The predicted octanol–water partition coefficient (Wildman–Crippen LogP) is 5.00. The summed E-state index contributed by atoms with van der Waals surface area (Å²) in [5, 5.41) is 4.87. The highest BCUT2D eigenvalue weighted by molar-refractivity contribution is 14.1. The average molecular weight is 673 g/mol. The third-order valence-electron chi connectivity index (χ3n) is 5.53. The number of nitrogens with one attached hydrogen (secondary N) is 2.